The van der Waals surface area contributed by atoms with Gasteiger partial charge in [-0.15, -0.1) is 0 Å². The number of ether oxygens (including phenoxy) is 2. The van der Waals surface area contributed by atoms with Crippen LogP contribution in [0.4, 0.5) is 0 Å². The lowest BCUT2D eigenvalue weighted by Crippen LogP contribution is -2.32. The smallest absolute Gasteiger partial charge is 0.266 e. The zero-order valence-electron chi connectivity index (χ0n) is 14.1. The standard InChI is InChI=1S/C17H19N3O5S/c21-17-6-4-14(12-1-2-12)19-20(17)8-7-18-26(22,23)13-3-5-15-16(11-13)25-10-9-24-15/h3-6,11-12,18H,1-2,7-10H2. The molecule has 0 amide bonds. The van der Waals surface area contributed by atoms with Gasteiger partial charge in [0.05, 0.1) is 17.1 Å². The Bertz CT molecular complexity index is 982. The fourth-order valence-electron chi connectivity index (χ4n) is 2.78. The summed E-state index contributed by atoms with van der Waals surface area (Å²) in [7, 11) is -3.72. The lowest BCUT2D eigenvalue weighted by atomic mass is 10.3. The molecule has 1 aromatic carbocycles. The summed E-state index contributed by atoms with van der Waals surface area (Å²) in [6.45, 7) is 1.07. The summed E-state index contributed by atoms with van der Waals surface area (Å²) in [5.41, 5.74) is 0.646. The number of hydrogen-bond acceptors (Lipinski definition) is 6. The van der Waals surface area contributed by atoms with Gasteiger partial charge in [-0.1, -0.05) is 0 Å². The van der Waals surface area contributed by atoms with Crippen LogP contribution in [0.5, 0.6) is 11.5 Å². The Kier molecular flexibility index (Phi) is 4.41. The molecule has 1 aliphatic carbocycles. The normalized spacial score (nSPS) is 16.5. The van der Waals surface area contributed by atoms with Gasteiger partial charge in [0.15, 0.2) is 11.5 Å². The van der Waals surface area contributed by atoms with Gasteiger partial charge in [0.25, 0.3) is 5.56 Å². The highest BCUT2D eigenvalue weighted by Crippen LogP contribution is 2.38. The molecular weight excluding hydrogens is 358 g/mol. The zero-order chi connectivity index (χ0) is 18.1. The Hall–Kier alpha value is -2.39. The van der Waals surface area contributed by atoms with Crippen LogP contribution in [0.3, 0.4) is 0 Å². The summed E-state index contributed by atoms with van der Waals surface area (Å²) in [6.07, 6.45) is 2.17. The summed E-state index contributed by atoms with van der Waals surface area (Å²) in [5, 5.41) is 4.32. The van der Waals surface area contributed by atoms with E-state index >= 15 is 0 Å². The van der Waals surface area contributed by atoms with Gasteiger partial charge in [-0.25, -0.2) is 17.8 Å². The topological polar surface area (TPSA) is 99.5 Å². The molecule has 0 bridgehead atoms. The van der Waals surface area contributed by atoms with Gasteiger partial charge >= 0.3 is 0 Å². The summed E-state index contributed by atoms with van der Waals surface area (Å²) < 4.78 is 39.5. The second-order valence-electron chi connectivity index (χ2n) is 6.30. The van der Waals surface area contributed by atoms with E-state index in [1.54, 1.807) is 12.1 Å². The van der Waals surface area contributed by atoms with Crippen molar-refractivity contribution in [3.63, 3.8) is 0 Å². The van der Waals surface area contributed by atoms with Gasteiger partial charge in [0, 0.05) is 24.6 Å². The zero-order valence-corrected chi connectivity index (χ0v) is 14.9. The van der Waals surface area contributed by atoms with Crippen molar-refractivity contribution in [2.75, 3.05) is 19.8 Å². The van der Waals surface area contributed by atoms with Gasteiger partial charge in [0.1, 0.15) is 13.2 Å². The molecule has 8 nitrogen and oxygen atoms in total. The molecule has 4 rings (SSSR count). The first-order valence-corrected chi connectivity index (χ1v) is 9.99. The van der Waals surface area contributed by atoms with Gasteiger partial charge in [-0.05, 0) is 31.0 Å². The summed E-state index contributed by atoms with van der Waals surface area (Å²) in [4.78, 5) is 12.0. The van der Waals surface area contributed by atoms with E-state index in [0.717, 1.165) is 18.5 Å². The predicted octanol–water partition coefficient (Wildman–Crippen LogP) is 0.870. The number of rotatable bonds is 6. The molecule has 0 spiro atoms. The molecule has 138 valence electrons. The van der Waals surface area contributed by atoms with E-state index in [2.05, 4.69) is 9.82 Å². The molecule has 2 heterocycles. The quantitative estimate of drug-likeness (QED) is 0.802. The van der Waals surface area contributed by atoms with Crippen LogP contribution in [-0.4, -0.2) is 38.0 Å². The highest BCUT2D eigenvalue weighted by Gasteiger charge is 2.25. The van der Waals surface area contributed by atoms with Crippen molar-refractivity contribution in [3.05, 3.63) is 46.4 Å². The molecule has 1 N–H and O–H groups in total. The predicted molar refractivity (Wildman–Crippen MR) is 93.1 cm³/mol. The van der Waals surface area contributed by atoms with Crippen molar-refractivity contribution in [3.8, 4) is 11.5 Å². The number of hydrogen-bond donors (Lipinski definition) is 1. The third-order valence-electron chi connectivity index (χ3n) is 4.32. The molecule has 2 aliphatic rings. The third kappa shape index (κ3) is 3.58. The summed E-state index contributed by atoms with van der Waals surface area (Å²) in [5.74, 6) is 1.37. The minimum atomic E-state index is -3.72. The first kappa shape index (κ1) is 17.0. The molecular formula is C17H19N3O5S. The van der Waals surface area contributed by atoms with Crippen molar-refractivity contribution >= 4 is 10.0 Å². The van der Waals surface area contributed by atoms with Crippen LogP contribution in [0.25, 0.3) is 0 Å². The van der Waals surface area contributed by atoms with Crippen LogP contribution >= 0.6 is 0 Å². The van der Waals surface area contributed by atoms with Crippen LogP contribution in [0.15, 0.2) is 40.0 Å². The SMILES string of the molecule is O=c1ccc(C2CC2)nn1CCNS(=O)(=O)c1ccc2c(c1)OCCO2. The molecule has 0 radical (unpaired) electrons. The van der Waals surface area contributed by atoms with E-state index in [9.17, 15) is 13.2 Å². The average molecular weight is 377 g/mol. The number of nitrogens with zero attached hydrogens (tertiary/aromatic N) is 2. The van der Waals surface area contributed by atoms with E-state index in [0.29, 0.717) is 30.6 Å². The largest absolute Gasteiger partial charge is 0.486 e. The number of fused-ring (bicyclic) bond motifs is 1. The Morgan fingerprint density at radius 2 is 1.88 bits per heavy atom. The number of aromatic nitrogens is 2. The minimum Gasteiger partial charge on any atom is -0.486 e. The van der Waals surface area contributed by atoms with Crippen molar-refractivity contribution in [2.24, 2.45) is 0 Å². The monoisotopic (exact) mass is 377 g/mol. The third-order valence-corrected chi connectivity index (χ3v) is 5.78. The van der Waals surface area contributed by atoms with E-state index in [-0.39, 0.29) is 23.5 Å². The molecule has 9 heteroatoms. The number of benzene rings is 1. The highest BCUT2D eigenvalue weighted by atomic mass is 32.2. The summed E-state index contributed by atoms with van der Waals surface area (Å²) >= 11 is 0. The molecule has 1 aromatic heterocycles. The molecule has 1 aliphatic heterocycles. The summed E-state index contributed by atoms with van der Waals surface area (Å²) in [6, 6.07) is 7.71. The van der Waals surface area contributed by atoms with Gasteiger partial charge in [0.2, 0.25) is 10.0 Å². The lowest BCUT2D eigenvalue weighted by molar-refractivity contribution is 0.171. The molecule has 0 unspecified atom stereocenters. The maximum absolute atomic E-state index is 12.5. The van der Waals surface area contributed by atoms with Gasteiger partial charge < -0.3 is 9.47 Å². The minimum absolute atomic E-state index is 0.0673. The van der Waals surface area contributed by atoms with Crippen LogP contribution in [0, 0.1) is 0 Å². The fraction of sp³-hybridized carbons (Fsp3) is 0.412. The highest BCUT2D eigenvalue weighted by molar-refractivity contribution is 7.89. The Balaban J connectivity index is 1.44. The molecule has 0 atom stereocenters. The Morgan fingerprint density at radius 1 is 1.12 bits per heavy atom. The van der Waals surface area contributed by atoms with E-state index in [1.807, 2.05) is 0 Å². The van der Waals surface area contributed by atoms with Crippen molar-refractivity contribution in [1.29, 1.82) is 0 Å². The van der Waals surface area contributed by atoms with Gasteiger partial charge in [-0.3, -0.25) is 4.79 Å². The van der Waals surface area contributed by atoms with Crippen LogP contribution in [-0.2, 0) is 16.6 Å². The second-order valence-corrected chi connectivity index (χ2v) is 8.06. The first-order valence-electron chi connectivity index (χ1n) is 8.50. The second kappa shape index (κ2) is 6.73. The van der Waals surface area contributed by atoms with Crippen molar-refractivity contribution < 1.29 is 17.9 Å². The maximum Gasteiger partial charge on any atom is 0.266 e. The van der Waals surface area contributed by atoms with Crippen LogP contribution < -0.4 is 19.8 Å². The van der Waals surface area contributed by atoms with Crippen LogP contribution in [0.2, 0.25) is 0 Å². The molecule has 2 aromatic rings. The van der Waals surface area contributed by atoms with Gasteiger partial charge in [-0.2, -0.15) is 5.10 Å². The fourth-order valence-corrected chi connectivity index (χ4v) is 3.82. The van der Waals surface area contributed by atoms with E-state index in [1.165, 1.54) is 22.9 Å². The van der Waals surface area contributed by atoms with Crippen molar-refractivity contribution in [1.82, 2.24) is 14.5 Å². The van der Waals surface area contributed by atoms with E-state index < -0.39 is 10.0 Å². The van der Waals surface area contributed by atoms with Crippen molar-refractivity contribution in [2.45, 2.75) is 30.2 Å². The average Bonchev–Trinajstić information content (AvgIpc) is 3.48. The molecule has 1 fully saturated rings. The maximum atomic E-state index is 12.5. The number of sulfonamides is 1. The first-order chi connectivity index (χ1) is 12.5. The van der Waals surface area contributed by atoms with Crippen LogP contribution in [0.1, 0.15) is 24.5 Å². The molecule has 0 saturated heterocycles. The Labute approximate surface area is 150 Å². The Morgan fingerprint density at radius 3 is 2.65 bits per heavy atom. The molecule has 1 saturated carbocycles. The number of nitrogens with one attached hydrogen (secondary N) is 1. The molecule has 26 heavy (non-hydrogen) atoms. The lowest BCUT2D eigenvalue weighted by Gasteiger charge is -2.19. The van der Waals surface area contributed by atoms with E-state index in [4.69, 9.17) is 9.47 Å².